The molecule has 0 heterocycles. The number of hydrogen-bond donors (Lipinski definition) is 0. The molecule has 0 bridgehead atoms. The molecule has 0 radical (unpaired) electrons. The Bertz CT molecular complexity index is 278. The van der Waals surface area contributed by atoms with Crippen LogP contribution in [0.3, 0.4) is 0 Å². The summed E-state index contributed by atoms with van der Waals surface area (Å²) in [6.07, 6.45) is 3.98. The molecule has 1 heteroatoms. The van der Waals surface area contributed by atoms with Crippen molar-refractivity contribution in [3.05, 3.63) is 29.3 Å². The minimum absolute atomic E-state index is 1.06. The first-order chi connectivity index (χ1) is 6.33. The molecule has 1 aromatic rings. The summed E-state index contributed by atoms with van der Waals surface area (Å²) in [5.74, 6) is 0. The molecule has 0 aromatic heterocycles. The van der Waals surface area contributed by atoms with E-state index in [2.05, 4.69) is 37.0 Å². The Labute approximate surface area is 80.5 Å². The fraction of sp³-hybridized carbons (Fsp3) is 0.417. The third-order valence-electron chi connectivity index (χ3n) is 2.22. The molecule has 70 valence electrons. The smallest absolute Gasteiger partial charge is 0.0689 e. The van der Waals surface area contributed by atoms with E-state index in [1.807, 2.05) is 13.1 Å². The number of aryl methyl sites for hydroxylation is 2. The lowest BCUT2D eigenvalue weighted by Gasteiger charge is -2.07. The van der Waals surface area contributed by atoms with Crippen molar-refractivity contribution in [1.29, 1.82) is 0 Å². The first-order valence-corrected chi connectivity index (χ1v) is 4.92. The van der Waals surface area contributed by atoms with Gasteiger partial charge in [0.1, 0.15) is 0 Å². The normalized spacial score (nSPS) is 11.0. The van der Waals surface area contributed by atoms with Gasteiger partial charge in [0.15, 0.2) is 0 Å². The molecule has 1 rings (SSSR count). The van der Waals surface area contributed by atoms with E-state index in [1.54, 1.807) is 0 Å². The van der Waals surface area contributed by atoms with E-state index >= 15 is 0 Å². The lowest BCUT2D eigenvalue weighted by molar-refractivity contribution is 1.08. The highest BCUT2D eigenvalue weighted by Gasteiger charge is 2.02. The van der Waals surface area contributed by atoms with Crippen molar-refractivity contribution < 1.29 is 0 Å². The highest BCUT2D eigenvalue weighted by molar-refractivity contribution is 5.65. The molecule has 0 N–H and O–H groups in total. The van der Waals surface area contributed by atoms with Gasteiger partial charge in [-0.15, -0.1) is 0 Å². The minimum atomic E-state index is 1.06. The number of nitrogens with zero attached hydrogens (tertiary/aromatic N) is 1. The van der Waals surface area contributed by atoms with Gasteiger partial charge in [0.25, 0.3) is 0 Å². The molecule has 0 fully saturated rings. The molecule has 0 aliphatic rings. The topological polar surface area (TPSA) is 12.4 Å². The van der Waals surface area contributed by atoms with Crippen LogP contribution in [0.4, 0.5) is 5.69 Å². The maximum absolute atomic E-state index is 4.42. The van der Waals surface area contributed by atoms with Gasteiger partial charge >= 0.3 is 0 Å². The van der Waals surface area contributed by atoms with Crippen LogP contribution in [0.5, 0.6) is 0 Å². The third-order valence-corrected chi connectivity index (χ3v) is 2.22. The van der Waals surface area contributed by atoms with E-state index in [0.29, 0.717) is 0 Å². The highest BCUT2D eigenvalue weighted by Crippen LogP contribution is 2.25. The van der Waals surface area contributed by atoms with Crippen molar-refractivity contribution in [3.63, 3.8) is 0 Å². The van der Waals surface area contributed by atoms with Crippen LogP contribution in [0.2, 0.25) is 0 Å². The maximum Gasteiger partial charge on any atom is 0.0689 e. The second-order valence-corrected chi connectivity index (χ2v) is 3.02. The predicted molar refractivity (Wildman–Crippen MR) is 59.0 cm³/mol. The van der Waals surface area contributed by atoms with Gasteiger partial charge < -0.3 is 0 Å². The molecular formula is C12H17N. The van der Waals surface area contributed by atoms with Crippen molar-refractivity contribution in [3.8, 4) is 0 Å². The zero-order valence-electron chi connectivity index (χ0n) is 8.67. The van der Waals surface area contributed by atoms with Gasteiger partial charge in [0.05, 0.1) is 5.69 Å². The van der Waals surface area contributed by atoms with Gasteiger partial charge in [0.2, 0.25) is 0 Å². The van der Waals surface area contributed by atoms with Gasteiger partial charge in [0, 0.05) is 6.21 Å². The summed E-state index contributed by atoms with van der Waals surface area (Å²) in [5.41, 5.74) is 3.87. The van der Waals surface area contributed by atoms with Crippen molar-refractivity contribution in [2.75, 3.05) is 0 Å². The van der Waals surface area contributed by atoms with E-state index in [-0.39, 0.29) is 0 Å². The second kappa shape index (κ2) is 4.80. The summed E-state index contributed by atoms with van der Waals surface area (Å²) in [7, 11) is 0. The zero-order valence-corrected chi connectivity index (χ0v) is 8.67. The first kappa shape index (κ1) is 9.97. The van der Waals surface area contributed by atoms with Crippen molar-refractivity contribution in [1.82, 2.24) is 0 Å². The van der Waals surface area contributed by atoms with Gasteiger partial charge in [-0.05, 0) is 30.9 Å². The van der Waals surface area contributed by atoms with Gasteiger partial charge in [-0.2, -0.15) is 0 Å². The summed E-state index contributed by atoms with van der Waals surface area (Å²) in [5, 5.41) is 0. The third kappa shape index (κ3) is 2.18. The Kier molecular flexibility index (Phi) is 3.69. The molecule has 1 nitrogen and oxygen atoms in total. The second-order valence-electron chi connectivity index (χ2n) is 3.02. The number of para-hydroxylation sites is 1. The van der Waals surface area contributed by atoms with E-state index in [0.717, 1.165) is 12.8 Å². The van der Waals surface area contributed by atoms with E-state index in [9.17, 15) is 0 Å². The van der Waals surface area contributed by atoms with E-state index in [4.69, 9.17) is 0 Å². The monoisotopic (exact) mass is 175 g/mol. The Morgan fingerprint density at radius 3 is 2.08 bits per heavy atom. The molecule has 0 amide bonds. The average Bonchev–Trinajstić information content (AvgIpc) is 2.18. The SMILES string of the molecule is C/C=N/c1c(CC)cccc1CC. The minimum Gasteiger partial charge on any atom is -0.261 e. The fourth-order valence-corrected chi connectivity index (χ4v) is 1.51. The lowest BCUT2D eigenvalue weighted by Crippen LogP contribution is -1.88. The molecule has 0 saturated carbocycles. The van der Waals surface area contributed by atoms with Crippen LogP contribution in [0.15, 0.2) is 23.2 Å². The maximum atomic E-state index is 4.42. The van der Waals surface area contributed by atoms with Gasteiger partial charge in [-0.3, -0.25) is 4.99 Å². The van der Waals surface area contributed by atoms with Crippen molar-refractivity contribution in [2.45, 2.75) is 33.6 Å². The molecule has 0 atom stereocenters. The average molecular weight is 175 g/mol. The molecule has 1 aromatic carbocycles. The van der Waals surface area contributed by atoms with E-state index in [1.165, 1.54) is 16.8 Å². The van der Waals surface area contributed by atoms with Crippen LogP contribution in [0, 0.1) is 0 Å². The molecule has 0 unspecified atom stereocenters. The number of benzene rings is 1. The largest absolute Gasteiger partial charge is 0.261 e. The van der Waals surface area contributed by atoms with Gasteiger partial charge in [-0.25, -0.2) is 0 Å². The molecule has 13 heavy (non-hydrogen) atoms. The predicted octanol–water partition coefficient (Wildman–Crippen LogP) is 3.53. The van der Waals surface area contributed by atoms with Crippen LogP contribution < -0.4 is 0 Å². The van der Waals surface area contributed by atoms with Crippen LogP contribution >= 0.6 is 0 Å². The lowest BCUT2D eigenvalue weighted by atomic mass is 10.0. The number of rotatable bonds is 3. The molecule has 0 saturated heterocycles. The molecular weight excluding hydrogens is 158 g/mol. The molecule has 0 aliphatic carbocycles. The first-order valence-electron chi connectivity index (χ1n) is 4.92. The Hall–Kier alpha value is -1.11. The fourth-order valence-electron chi connectivity index (χ4n) is 1.51. The quantitative estimate of drug-likeness (QED) is 0.623. The highest BCUT2D eigenvalue weighted by atomic mass is 14.7. The Balaban J connectivity index is 3.21. The van der Waals surface area contributed by atoms with Gasteiger partial charge in [-0.1, -0.05) is 32.0 Å². The van der Waals surface area contributed by atoms with E-state index < -0.39 is 0 Å². The van der Waals surface area contributed by atoms with Crippen molar-refractivity contribution in [2.24, 2.45) is 4.99 Å². The Morgan fingerprint density at radius 1 is 1.15 bits per heavy atom. The summed E-state index contributed by atoms with van der Waals surface area (Å²) in [6, 6.07) is 6.43. The van der Waals surface area contributed by atoms with Crippen LogP contribution in [-0.4, -0.2) is 6.21 Å². The van der Waals surface area contributed by atoms with Crippen LogP contribution in [0.1, 0.15) is 31.9 Å². The molecule has 0 spiro atoms. The molecule has 0 aliphatic heterocycles. The summed E-state index contributed by atoms with van der Waals surface area (Å²) in [4.78, 5) is 4.42. The Morgan fingerprint density at radius 2 is 1.69 bits per heavy atom. The number of aliphatic imine (C=N–C) groups is 1. The number of hydrogen-bond acceptors (Lipinski definition) is 1. The van der Waals surface area contributed by atoms with Crippen molar-refractivity contribution >= 4 is 11.9 Å². The summed E-state index contributed by atoms with van der Waals surface area (Å²) >= 11 is 0. The van der Waals surface area contributed by atoms with Crippen LogP contribution in [-0.2, 0) is 12.8 Å². The summed E-state index contributed by atoms with van der Waals surface area (Å²) in [6.45, 7) is 6.30. The standard InChI is InChI=1S/C12H17N/c1-4-10-8-7-9-11(5-2)12(10)13-6-3/h6-9H,4-5H2,1-3H3/b13-6+. The summed E-state index contributed by atoms with van der Waals surface area (Å²) < 4.78 is 0. The zero-order chi connectivity index (χ0) is 9.68. The van der Waals surface area contributed by atoms with Crippen LogP contribution in [0.25, 0.3) is 0 Å².